The summed E-state index contributed by atoms with van der Waals surface area (Å²) in [6.07, 6.45) is 2.58. The maximum Gasteiger partial charge on any atom is 0.414 e. The molecule has 190 valence electrons. The van der Waals surface area contributed by atoms with Crippen molar-refractivity contribution in [3.05, 3.63) is 40.2 Å². The van der Waals surface area contributed by atoms with Gasteiger partial charge in [0, 0.05) is 19.6 Å². The van der Waals surface area contributed by atoms with Gasteiger partial charge in [0.15, 0.2) is 22.5 Å². The number of benzene rings is 1. The zero-order valence-corrected chi connectivity index (χ0v) is 19.4. The van der Waals surface area contributed by atoms with Crippen LogP contribution in [-0.2, 0) is 22.4 Å². The number of ether oxygens (including phenoxy) is 1. The van der Waals surface area contributed by atoms with Crippen LogP contribution in [0.5, 0.6) is 5.75 Å². The van der Waals surface area contributed by atoms with Gasteiger partial charge in [-0.1, -0.05) is 23.7 Å². The number of carboxylic acids is 2. The van der Waals surface area contributed by atoms with Gasteiger partial charge in [-0.05, 0) is 36.5 Å². The summed E-state index contributed by atoms with van der Waals surface area (Å²) in [4.78, 5) is 37.9. The second kappa shape index (κ2) is 13.3. The van der Waals surface area contributed by atoms with Gasteiger partial charge in [0.05, 0.1) is 0 Å². The van der Waals surface area contributed by atoms with Gasteiger partial charge in [-0.25, -0.2) is 19.6 Å². The van der Waals surface area contributed by atoms with Crippen LogP contribution in [0.3, 0.4) is 0 Å². The topological polar surface area (TPSA) is 223 Å². The molecule has 2 aromatic rings. The maximum absolute atomic E-state index is 12.1. The zero-order chi connectivity index (χ0) is 26.0. The molecule has 0 fully saturated rings. The second-order valence-electron chi connectivity index (χ2n) is 7.42. The first kappa shape index (κ1) is 27.6. The number of halogens is 1. The van der Waals surface area contributed by atoms with Crippen LogP contribution >= 0.6 is 11.6 Å². The van der Waals surface area contributed by atoms with Crippen LogP contribution < -0.4 is 26.8 Å². The first-order chi connectivity index (χ1) is 16.6. The molecular formula is C21H27ClN6O7. The minimum atomic E-state index is -1.82. The van der Waals surface area contributed by atoms with E-state index < -0.39 is 23.9 Å². The minimum Gasteiger partial charge on any atom is -0.491 e. The number of nitrogen functional groups attached to an aromatic ring is 2. The first-order valence-corrected chi connectivity index (χ1v) is 10.9. The summed E-state index contributed by atoms with van der Waals surface area (Å²) < 4.78 is 5.79. The van der Waals surface area contributed by atoms with E-state index in [0.717, 1.165) is 25.0 Å². The number of nitrogens with two attached hydrogens (primary N) is 2. The molecule has 1 aromatic carbocycles. The Labute approximate surface area is 205 Å². The minimum absolute atomic E-state index is 0.0287. The van der Waals surface area contributed by atoms with E-state index in [2.05, 4.69) is 26.7 Å². The number of aliphatic hydroxyl groups excluding tert-OH is 1. The van der Waals surface area contributed by atoms with E-state index >= 15 is 0 Å². The van der Waals surface area contributed by atoms with E-state index in [4.69, 9.17) is 47.6 Å². The van der Waals surface area contributed by atoms with Crippen molar-refractivity contribution < 1.29 is 34.4 Å². The summed E-state index contributed by atoms with van der Waals surface area (Å²) in [5.74, 6) is -3.41. The van der Waals surface area contributed by atoms with Gasteiger partial charge in [0.25, 0.3) is 5.91 Å². The maximum atomic E-state index is 12.1. The molecule has 0 spiro atoms. The fourth-order valence-electron chi connectivity index (χ4n) is 3.19. The number of fused-ring (bicyclic) bond motifs is 1. The quantitative estimate of drug-likeness (QED) is 0.170. The van der Waals surface area contributed by atoms with Gasteiger partial charge in [-0.15, -0.1) is 0 Å². The summed E-state index contributed by atoms with van der Waals surface area (Å²) in [6.45, 7) is 1.29. The van der Waals surface area contributed by atoms with Gasteiger partial charge in [-0.3, -0.25) is 4.79 Å². The van der Waals surface area contributed by atoms with Gasteiger partial charge >= 0.3 is 11.9 Å². The first-order valence-electron chi connectivity index (χ1n) is 10.5. The lowest BCUT2D eigenvalue weighted by atomic mass is 10.1. The molecule has 0 saturated heterocycles. The third-order valence-electron chi connectivity index (χ3n) is 4.80. The molecule has 0 radical (unpaired) electrons. The van der Waals surface area contributed by atoms with E-state index in [0.29, 0.717) is 19.6 Å². The highest BCUT2D eigenvalue weighted by molar-refractivity contribution is 6.31. The van der Waals surface area contributed by atoms with Crippen LogP contribution in [0.1, 0.15) is 28.0 Å². The predicted octanol–water partition coefficient (Wildman–Crippen LogP) is -0.302. The normalized spacial score (nSPS) is 12.6. The molecule has 1 unspecified atom stereocenters. The van der Waals surface area contributed by atoms with E-state index in [1.807, 2.05) is 12.1 Å². The number of nitrogens with one attached hydrogen (secondary N) is 2. The highest BCUT2D eigenvalue weighted by atomic mass is 35.5. The number of aliphatic carboxylic acids is 2. The van der Waals surface area contributed by atoms with Crippen LogP contribution in [0.4, 0.5) is 11.6 Å². The van der Waals surface area contributed by atoms with E-state index in [9.17, 15) is 9.90 Å². The van der Waals surface area contributed by atoms with Crippen molar-refractivity contribution in [2.75, 3.05) is 37.7 Å². The molecule has 1 amide bonds. The Kier molecular flexibility index (Phi) is 10.5. The van der Waals surface area contributed by atoms with E-state index in [1.165, 1.54) is 11.1 Å². The summed E-state index contributed by atoms with van der Waals surface area (Å²) in [5.41, 5.74) is 13.6. The predicted molar refractivity (Wildman–Crippen MR) is 126 cm³/mol. The molecule has 35 heavy (non-hydrogen) atoms. The Morgan fingerprint density at radius 3 is 2.49 bits per heavy atom. The van der Waals surface area contributed by atoms with Crippen LogP contribution in [0.25, 0.3) is 0 Å². The average Bonchev–Trinajstić information content (AvgIpc) is 3.29. The van der Waals surface area contributed by atoms with Gasteiger partial charge < -0.3 is 42.2 Å². The summed E-state index contributed by atoms with van der Waals surface area (Å²) in [6, 6.07) is 6.05. The molecular weight excluding hydrogens is 484 g/mol. The molecule has 13 nitrogen and oxygen atoms in total. The smallest absolute Gasteiger partial charge is 0.414 e. The molecule has 1 atom stereocenters. The van der Waals surface area contributed by atoms with Crippen molar-refractivity contribution in [1.82, 2.24) is 20.6 Å². The van der Waals surface area contributed by atoms with Crippen molar-refractivity contribution in [2.45, 2.75) is 25.4 Å². The summed E-state index contributed by atoms with van der Waals surface area (Å²) in [5, 5.41) is 30.5. The lowest BCUT2D eigenvalue weighted by Crippen LogP contribution is -2.37. The largest absolute Gasteiger partial charge is 0.491 e. The molecule has 0 bridgehead atoms. The Morgan fingerprint density at radius 2 is 1.80 bits per heavy atom. The number of aliphatic hydroxyl groups is 1. The summed E-state index contributed by atoms with van der Waals surface area (Å²) in [7, 11) is 0. The second-order valence-corrected chi connectivity index (χ2v) is 7.77. The zero-order valence-electron chi connectivity index (χ0n) is 18.7. The molecule has 1 aliphatic carbocycles. The monoisotopic (exact) mass is 510 g/mol. The number of nitrogens with zero attached hydrogens (tertiary/aromatic N) is 2. The van der Waals surface area contributed by atoms with Crippen molar-refractivity contribution in [3.8, 4) is 5.75 Å². The van der Waals surface area contributed by atoms with Crippen LogP contribution in [0, 0.1) is 0 Å². The van der Waals surface area contributed by atoms with Crippen molar-refractivity contribution in [3.63, 3.8) is 0 Å². The van der Waals surface area contributed by atoms with Gasteiger partial charge in [0.1, 0.15) is 18.5 Å². The lowest BCUT2D eigenvalue weighted by Gasteiger charge is -2.15. The number of carbonyl (C=O) groups is 3. The third-order valence-corrected chi connectivity index (χ3v) is 5.08. The Hall–Kier alpha value is -3.68. The number of hydrogen-bond acceptors (Lipinski definition) is 10. The number of aromatic nitrogens is 2. The average molecular weight is 511 g/mol. The summed E-state index contributed by atoms with van der Waals surface area (Å²) >= 11 is 5.77. The van der Waals surface area contributed by atoms with E-state index in [-0.39, 0.29) is 29.1 Å². The number of amides is 1. The Morgan fingerprint density at radius 1 is 1.09 bits per heavy atom. The third kappa shape index (κ3) is 8.55. The standard InChI is InChI=1S/C19H25ClN6O3.C2H2O4/c20-16-18(22)26-17(21)15(25-16)19(28)24-8-7-23-9-12(27)10-29-14-6-2-4-11-3-1-5-13(11)14;3-1(4)2(5)6/h2,4,6,12,23,27H,1,3,5,7-10H2,(H,24,28)(H4,21,22,26);(H,3,4)(H,5,6). The van der Waals surface area contributed by atoms with Crippen molar-refractivity contribution in [2.24, 2.45) is 0 Å². The van der Waals surface area contributed by atoms with Crippen LogP contribution in [-0.4, -0.2) is 75.5 Å². The molecule has 1 aliphatic rings. The fourth-order valence-corrected chi connectivity index (χ4v) is 3.32. The molecule has 3 rings (SSSR count). The van der Waals surface area contributed by atoms with E-state index in [1.54, 1.807) is 0 Å². The van der Waals surface area contributed by atoms with Crippen molar-refractivity contribution >= 4 is 41.1 Å². The fraction of sp³-hybridized carbons (Fsp3) is 0.381. The van der Waals surface area contributed by atoms with Crippen molar-refractivity contribution in [1.29, 1.82) is 0 Å². The number of aryl methyl sites for hydroxylation is 1. The molecule has 1 heterocycles. The highest BCUT2D eigenvalue weighted by Crippen LogP contribution is 2.30. The molecule has 14 heteroatoms. The van der Waals surface area contributed by atoms with Crippen LogP contribution in [0.2, 0.25) is 5.15 Å². The van der Waals surface area contributed by atoms with Gasteiger partial charge in [-0.2, -0.15) is 0 Å². The number of hydrogen-bond donors (Lipinski definition) is 7. The SMILES string of the molecule is Nc1nc(N)c(C(=O)NCCNCC(O)COc2cccc3c2CCC3)nc1Cl.O=C(O)C(=O)O. The molecule has 0 saturated carbocycles. The molecule has 1 aromatic heterocycles. The number of rotatable bonds is 9. The lowest BCUT2D eigenvalue weighted by molar-refractivity contribution is -0.159. The Bertz CT molecular complexity index is 1060. The molecule has 9 N–H and O–H groups in total. The van der Waals surface area contributed by atoms with Gasteiger partial charge in [0.2, 0.25) is 0 Å². The molecule has 0 aliphatic heterocycles. The Balaban J connectivity index is 0.000000641. The number of anilines is 2. The number of carbonyl (C=O) groups excluding carboxylic acids is 1. The van der Waals surface area contributed by atoms with Crippen LogP contribution in [0.15, 0.2) is 18.2 Å². The highest BCUT2D eigenvalue weighted by Gasteiger charge is 2.17. The number of carboxylic acid groups (broad SMARTS) is 2.